The summed E-state index contributed by atoms with van der Waals surface area (Å²) in [7, 11) is 0. The lowest BCUT2D eigenvalue weighted by Gasteiger charge is -2.16. The SMILES string of the molecule is CCCNC(=O)C(CCN)c1ccc(F)cc1. The number of nitrogens with one attached hydrogen (secondary N) is 1. The Hall–Kier alpha value is -1.42. The van der Waals surface area contributed by atoms with Crippen LogP contribution in [-0.4, -0.2) is 19.0 Å². The maximum absolute atomic E-state index is 12.8. The van der Waals surface area contributed by atoms with Crippen molar-refractivity contribution in [1.29, 1.82) is 0 Å². The Morgan fingerprint density at radius 1 is 1.41 bits per heavy atom. The summed E-state index contributed by atoms with van der Waals surface area (Å²) < 4.78 is 12.8. The molecule has 0 aromatic heterocycles. The first kappa shape index (κ1) is 13.6. The van der Waals surface area contributed by atoms with E-state index in [1.54, 1.807) is 12.1 Å². The van der Waals surface area contributed by atoms with Crippen molar-refractivity contribution in [1.82, 2.24) is 5.32 Å². The van der Waals surface area contributed by atoms with Crippen LogP contribution in [0.2, 0.25) is 0 Å². The van der Waals surface area contributed by atoms with E-state index in [1.807, 2.05) is 6.92 Å². The third-order valence-corrected chi connectivity index (χ3v) is 2.59. The van der Waals surface area contributed by atoms with Crippen molar-refractivity contribution in [2.24, 2.45) is 5.73 Å². The van der Waals surface area contributed by atoms with E-state index in [2.05, 4.69) is 5.32 Å². The molecule has 0 spiro atoms. The smallest absolute Gasteiger partial charge is 0.227 e. The first-order valence-corrected chi connectivity index (χ1v) is 5.92. The second-order valence-electron chi connectivity index (χ2n) is 3.97. The van der Waals surface area contributed by atoms with Crippen molar-refractivity contribution in [3.8, 4) is 0 Å². The van der Waals surface area contributed by atoms with Gasteiger partial charge in [0.1, 0.15) is 5.82 Å². The Morgan fingerprint density at radius 2 is 2.06 bits per heavy atom. The Labute approximate surface area is 101 Å². The molecule has 0 aliphatic carbocycles. The average molecular weight is 238 g/mol. The topological polar surface area (TPSA) is 55.1 Å². The zero-order valence-electron chi connectivity index (χ0n) is 10.1. The van der Waals surface area contributed by atoms with Crippen LogP contribution in [0.25, 0.3) is 0 Å². The third-order valence-electron chi connectivity index (χ3n) is 2.59. The van der Waals surface area contributed by atoms with Crippen molar-refractivity contribution in [2.75, 3.05) is 13.1 Å². The van der Waals surface area contributed by atoms with Gasteiger partial charge in [-0.25, -0.2) is 4.39 Å². The van der Waals surface area contributed by atoms with E-state index in [0.29, 0.717) is 19.5 Å². The fraction of sp³-hybridized carbons (Fsp3) is 0.462. The van der Waals surface area contributed by atoms with E-state index >= 15 is 0 Å². The predicted molar refractivity (Wildman–Crippen MR) is 66.1 cm³/mol. The largest absolute Gasteiger partial charge is 0.356 e. The monoisotopic (exact) mass is 238 g/mol. The van der Waals surface area contributed by atoms with Crippen LogP contribution in [0.4, 0.5) is 4.39 Å². The number of nitrogens with two attached hydrogens (primary N) is 1. The molecule has 0 bridgehead atoms. The number of amides is 1. The second-order valence-corrected chi connectivity index (χ2v) is 3.97. The lowest BCUT2D eigenvalue weighted by atomic mass is 9.95. The molecule has 94 valence electrons. The molecule has 0 fully saturated rings. The minimum atomic E-state index is -0.297. The van der Waals surface area contributed by atoms with Gasteiger partial charge in [0.2, 0.25) is 5.91 Å². The normalized spacial score (nSPS) is 12.2. The zero-order valence-corrected chi connectivity index (χ0v) is 10.1. The molecule has 1 aromatic rings. The zero-order chi connectivity index (χ0) is 12.7. The highest BCUT2D eigenvalue weighted by atomic mass is 19.1. The van der Waals surface area contributed by atoms with Crippen molar-refractivity contribution >= 4 is 5.91 Å². The molecule has 1 rings (SSSR count). The van der Waals surface area contributed by atoms with Gasteiger partial charge in [0, 0.05) is 6.54 Å². The van der Waals surface area contributed by atoms with E-state index in [0.717, 1.165) is 12.0 Å². The molecule has 0 aliphatic rings. The Kier molecular flexibility index (Phi) is 5.63. The first-order chi connectivity index (χ1) is 8.19. The first-order valence-electron chi connectivity index (χ1n) is 5.92. The summed E-state index contributed by atoms with van der Waals surface area (Å²) in [5, 5.41) is 2.84. The molecule has 1 atom stereocenters. The van der Waals surface area contributed by atoms with Crippen molar-refractivity contribution < 1.29 is 9.18 Å². The van der Waals surface area contributed by atoms with Gasteiger partial charge in [-0.2, -0.15) is 0 Å². The molecule has 0 aliphatic heterocycles. The number of carbonyl (C=O) groups is 1. The van der Waals surface area contributed by atoms with E-state index in [4.69, 9.17) is 5.73 Å². The fourth-order valence-corrected chi connectivity index (χ4v) is 1.68. The van der Waals surface area contributed by atoms with Crippen LogP contribution in [-0.2, 0) is 4.79 Å². The van der Waals surface area contributed by atoms with Crippen LogP contribution in [0.15, 0.2) is 24.3 Å². The summed E-state index contributed by atoms with van der Waals surface area (Å²) in [4.78, 5) is 11.9. The highest BCUT2D eigenvalue weighted by molar-refractivity contribution is 5.83. The fourth-order valence-electron chi connectivity index (χ4n) is 1.68. The van der Waals surface area contributed by atoms with E-state index < -0.39 is 0 Å². The summed E-state index contributed by atoms with van der Waals surface area (Å²) in [5.74, 6) is -0.620. The quantitative estimate of drug-likeness (QED) is 0.793. The summed E-state index contributed by atoms with van der Waals surface area (Å²) in [6.07, 6.45) is 1.46. The van der Waals surface area contributed by atoms with E-state index in [-0.39, 0.29) is 17.6 Å². The molecule has 0 saturated carbocycles. The lowest BCUT2D eigenvalue weighted by Crippen LogP contribution is -2.31. The van der Waals surface area contributed by atoms with Crippen LogP contribution in [0.1, 0.15) is 31.2 Å². The minimum absolute atomic E-state index is 0.0380. The summed E-state index contributed by atoms with van der Waals surface area (Å²) in [6, 6.07) is 6.01. The molecule has 1 amide bonds. The van der Waals surface area contributed by atoms with Gasteiger partial charge in [-0.15, -0.1) is 0 Å². The van der Waals surface area contributed by atoms with Gasteiger partial charge in [-0.1, -0.05) is 19.1 Å². The van der Waals surface area contributed by atoms with Crippen LogP contribution in [0.3, 0.4) is 0 Å². The van der Waals surface area contributed by atoms with E-state index in [9.17, 15) is 9.18 Å². The average Bonchev–Trinajstić information content (AvgIpc) is 2.34. The number of halogens is 1. The van der Waals surface area contributed by atoms with Crippen LogP contribution < -0.4 is 11.1 Å². The van der Waals surface area contributed by atoms with Gasteiger partial charge in [-0.3, -0.25) is 4.79 Å². The predicted octanol–water partition coefficient (Wildman–Crippen LogP) is 1.78. The molecule has 1 aromatic carbocycles. The van der Waals surface area contributed by atoms with Crippen molar-refractivity contribution in [2.45, 2.75) is 25.7 Å². The highest BCUT2D eigenvalue weighted by Gasteiger charge is 2.19. The summed E-state index contributed by atoms with van der Waals surface area (Å²) >= 11 is 0. The maximum Gasteiger partial charge on any atom is 0.227 e. The molecular weight excluding hydrogens is 219 g/mol. The van der Waals surface area contributed by atoms with Crippen molar-refractivity contribution in [3.05, 3.63) is 35.6 Å². The molecule has 0 radical (unpaired) electrons. The lowest BCUT2D eigenvalue weighted by molar-refractivity contribution is -0.122. The van der Waals surface area contributed by atoms with Crippen LogP contribution >= 0.6 is 0 Å². The molecule has 17 heavy (non-hydrogen) atoms. The van der Waals surface area contributed by atoms with Crippen LogP contribution in [0.5, 0.6) is 0 Å². The standard InChI is InChI=1S/C13H19FN2O/c1-2-9-16-13(17)12(7-8-15)10-3-5-11(14)6-4-10/h3-6,12H,2,7-9,15H2,1H3,(H,16,17). The number of hydrogen-bond acceptors (Lipinski definition) is 2. The van der Waals surface area contributed by atoms with Gasteiger partial charge < -0.3 is 11.1 Å². The molecule has 1 unspecified atom stereocenters. The molecule has 3 nitrogen and oxygen atoms in total. The van der Waals surface area contributed by atoms with Gasteiger partial charge in [0.15, 0.2) is 0 Å². The summed E-state index contributed by atoms with van der Waals surface area (Å²) in [6.45, 7) is 3.08. The maximum atomic E-state index is 12.8. The Morgan fingerprint density at radius 3 is 2.59 bits per heavy atom. The Bertz CT molecular complexity index is 351. The van der Waals surface area contributed by atoms with Gasteiger partial charge in [0.05, 0.1) is 5.92 Å². The number of rotatable bonds is 6. The summed E-state index contributed by atoms with van der Waals surface area (Å²) in [5.41, 5.74) is 6.32. The van der Waals surface area contributed by atoms with Crippen LogP contribution in [0, 0.1) is 5.82 Å². The minimum Gasteiger partial charge on any atom is -0.356 e. The van der Waals surface area contributed by atoms with Gasteiger partial charge >= 0.3 is 0 Å². The van der Waals surface area contributed by atoms with Gasteiger partial charge in [-0.05, 0) is 37.1 Å². The van der Waals surface area contributed by atoms with Gasteiger partial charge in [0.25, 0.3) is 0 Å². The van der Waals surface area contributed by atoms with Crippen molar-refractivity contribution in [3.63, 3.8) is 0 Å². The molecule has 0 saturated heterocycles. The second kappa shape index (κ2) is 7.01. The number of carbonyl (C=O) groups excluding carboxylic acids is 1. The molecule has 3 N–H and O–H groups in total. The molecule has 0 heterocycles. The molecule has 4 heteroatoms. The highest BCUT2D eigenvalue weighted by Crippen LogP contribution is 2.19. The van der Waals surface area contributed by atoms with E-state index in [1.165, 1.54) is 12.1 Å². The Balaban J connectivity index is 2.77. The number of benzene rings is 1. The number of hydrogen-bond donors (Lipinski definition) is 2. The third kappa shape index (κ3) is 4.15. The molecular formula is C13H19FN2O.